The first-order valence-electron chi connectivity index (χ1n) is 7.82. The molecule has 111 valence electrons. The Balaban J connectivity index is 1.89. The van der Waals surface area contributed by atoms with Crippen LogP contribution in [-0.2, 0) is 0 Å². The predicted octanol–water partition coefficient (Wildman–Crippen LogP) is 2.51. The highest BCUT2D eigenvalue weighted by molar-refractivity contribution is 4.91. The standard InChI is InChI=1S/C16H31N2O/c1-13(2)11-17-8-9-18(15(19)12-17)14-6-5-7-16(3,4)10-14/h14-15,19H,5-12H2,1-4H3. The minimum Gasteiger partial charge on any atom is -0.377 e. The van der Waals surface area contributed by atoms with Crippen LogP contribution in [0, 0.1) is 11.3 Å². The number of rotatable bonds is 3. The van der Waals surface area contributed by atoms with Gasteiger partial charge in [0.15, 0.2) is 0 Å². The molecule has 0 aromatic heterocycles. The van der Waals surface area contributed by atoms with E-state index in [1.807, 2.05) is 0 Å². The first-order valence-corrected chi connectivity index (χ1v) is 7.82. The molecular formula is C16H31N2O. The van der Waals surface area contributed by atoms with E-state index in [0.717, 1.165) is 26.2 Å². The molecule has 0 aromatic rings. The Morgan fingerprint density at radius 2 is 2.00 bits per heavy atom. The number of piperazine rings is 1. The van der Waals surface area contributed by atoms with E-state index in [9.17, 15) is 5.11 Å². The van der Waals surface area contributed by atoms with Gasteiger partial charge in [-0.05, 0) is 30.6 Å². The Kier molecular flexibility index (Phi) is 4.91. The lowest BCUT2D eigenvalue weighted by molar-refractivity contribution is -0.0912. The van der Waals surface area contributed by atoms with Crippen molar-refractivity contribution in [2.75, 3.05) is 26.2 Å². The van der Waals surface area contributed by atoms with Crippen LogP contribution < -0.4 is 0 Å². The van der Waals surface area contributed by atoms with Gasteiger partial charge in [-0.2, -0.15) is 0 Å². The van der Waals surface area contributed by atoms with Crippen molar-refractivity contribution >= 4 is 0 Å². The molecular weight excluding hydrogens is 236 g/mol. The Morgan fingerprint density at radius 1 is 1.26 bits per heavy atom. The molecule has 2 fully saturated rings. The highest BCUT2D eigenvalue weighted by Crippen LogP contribution is 2.38. The summed E-state index contributed by atoms with van der Waals surface area (Å²) in [6, 6.07) is 0.590. The van der Waals surface area contributed by atoms with Crippen molar-refractivity contribution in [3.8, 4) is 0 Å². The monoisotopic (exact) mass is 267 g/mol. The number of aliphatic hydroxyl groups is 1. The topological polar surface area (TPSA) is 26.7 Å². The average Bonchev–Trinajstić information content (AvgIpc) is 2.26. The van der Waals surface area contributed by atoms with E-state index in [-0.39, 0.29) is 6.23 Å². The van der Waals surface area contributed by atoms with E-state index in [1.165, 1.54) is 31.6 Å². The first-order chi connectivity index (χ1) is 8.87. The van der Waals surface area contributed by atoms with Crippen LogP contribution in [0.15, 0.2) is 0 Å². The maximum atomic E-state index is 10.4. The van der Waals surface area contributed by atoms with Crippen molar-refractivity contribution in [2.45, 2.75) is 65.6 Å². The fourth-order valence-corrected chi connectivity index (χ4v) is 3.79. The third-order valence-corrected chi connectivity index (χ3v) is 4.67. The number of hydrogen-bond acceptors (Lipinski definition) is 3. The molecule has 1 radical (unpaired) electrons. The van der Waals surface area contributed by atoms with Crippen LogP contribution in [0.3, 0.4) is 0 Å². The Labute approximate surface area is 119 Å². The summed E-state index contributed by atoms with van der Waals surface area (Å²) in [5.74, 6) is 1.43. The summed E-state index contributed by atoms with van der Waals surface area (Å²) in [4.78, 5) is 4.74. The van der Waals surface area contributed by atoms with Crippen molar-refractivity contribution < 1.29 is 5.11 Å². The van der Waals surface area contributed by atoms with E-state index in [4.69, 9.17) is 0 Å². The van der Waals surface area contributed by atoms with Gasteiger partial charge in [0, 0.05) is 32.2 Å². The quantitative estimate of drug-likeness (QED) is 0.851. The predicted molar refractivity (Wildman–Crippen MR) is 79.8 cm³/mol. The van der Waals surface area contributed by atoms with Gasteiger partial charge in [0.25, 0.3) is 0 Å². The zero-order valence-corrected chi connectivity index (χ0v) is 13.2. The first kappa shape index (κ1) is 15.3. The largest absolute Gasteiger partial charge is 0.377 e. The molecule has 0 bridgehead atoms. The number of nitrogens with zero attached hydrogens (tertiary/aromatic N) is 2. The van der Waals surface area contributed by atoms with Crippen LogP contribution in [0.4, 0.5) is 0 Å². The second kappa shape index (κ2) is 6.11. The van der Waals surface area contributed by atoms with Gasteiger partial charge in [-0.3, -0.25) is 9.80 Å². The second-order valence-corrected chi connectivity index (χ2v) is 7.58. The lowest BCUT2D eigenvalue weighted by atomic mass is 9.74. The molecule has 0 spiro atoms. The summed E-state index contributed by atoms with van der Waals surface area (Å²) < 4.78 is 0. The molecule has 2 rings (SSSR count). The van der Waals surface area contributed by atoms with E-state index < -0.39 is 0 Å². The van der Waals surface area contributed by atoms with Crippen molar-refractivity contribution in [1.29, 1.82) is 0 Å². The molecule has 2 aliphatic rings. The number of aliphatic hydroxyl groups excluding tert-OH is 1. The summed E-state index contributed by atoms with van der Waals surface area (Å²) in [6.07, 6.45) is 4.88. The third kappa shape index (κ3) is 4.17. The molecule has 3 nitrogen and oxygen atoms in total. The van der Waals surface area contributed by atoms with Gasteiger partial charge < -0.3 is 5.11 Å². The van der Waals surface area contributed by atoms with Crippen molar-refractivity contribution in [1.82, 2.24) is 9.80 Å². The third-order valence-electron chi connectivity index (χ3n) is 4.67. The molecule has 0 aromatic carbocycles. The van der Waals surface area contributed by atoms with Gasteiger partial charge in [0.1, 0.15) is 6.23 Å². The minimum absolute atomic E-state index is 0.271. The van der Waals surface area contributed by atoms with Crippen LogP contribution >= 0.6 is 0 Å². The smallest absolute Gasteiger partial charge is 0.120 e. The molecule has 1 saturated heterocycles. The van der Waals surface area contributed by atoms with Crippen LogP contribution in [0.1, 0.15) is 53.4 Å². The highest BCUT2D eigenvalue weighted by atomic mass is 16.3. The molecule has 19 heavy (non-hydrogen) atoms. The molecule has 2 unspecified atom stereocenters. The maximum absolute atomic E-state index is 10.4. The summed E-state index contributed by atoms with van der Waals surface area (Å²) in [5, 5.41) is 10.4. The minimum atomic E-state index is -0.271. The summed E-state index contributed by atoms with van der Waals surface area (Å²) in [7, 11) is 0. The van der Waals surface area contributed by atoms with Gasteiger partial charge in [-0.15, -0.1) is 0 Å². The van der Waals surface area contributed by atoms with E-state index >= 15 is 0 Å². The van der Waals surface area contributed by atoms with Gasteiger partial charge in [-0.1, -0.05) is 34.1 Å². The van der Waals surface area contributed by atoms with Crippen LogP contribution in [-0.4, -0.2) is 53.4 Å². The SMILES string of the molecule is C[C](C)CN1CCN(C2CCCC(C)(C)C2)C(O)C1. The number of hydrogen-bond donors (Lipinski definition) is 1. The number of β-amino-alcohol motifs (C(OH)–C–C–N with tert-alkyl or cyclic N) is 1. The molecule has 1 saturated carbocycles. The fraction of sp³-hybridized carbons (Fsp3) is 0.938. The van der Waals surface area contributed by atoms with Gasteiger partial charge in [0.2, 0.25) is 0 Å². The van der Waals surface area contributed by atoms with Crippen molar-refractivity contribution in [3.63, 3.8) is 0 Å². The van der Waals surface area contributed by atoms with Crippen LogP contribution in [0.2, 0.25) is 0 Å². The van der Waals surface area contributed by atoms with E-state index in [0.29, 0.717) is 11.5 Å². The lowest BCUT2D eigenvalue weighted by Gasteiger charge is -2.47. The van der Waals surface area contributed by atoms with Crippen molar-refractivity contribution in [3.05, 3.63) is 5.92 Å². The highest BCUT2D eigenvalue weighted by Gasteiger charge is 2.36. The van der Waals surface area contributed by atoms with Crippen LogP contribution in [0.5, 0.6) is 0 Å². The van der Waals surface area contributed by atoms with Crippen molar-refractivity contribution in [2.24, 2.45) is 5.41 Å². The Hall–Kier alpha value is -0.120. The summed E-state index contributed by atoms with van der Waals surface area (Å²) >= 11 is 0. The molecule has 1 heterocycles. The molecule has 1 N–H and O–H groups in total. The molecule has 3 heteroatoms. The molecule has 1 aliphatic heterocycles. The zero-order chi connectivity index (χ0) is 14.0. The van der Waals surface area contributed by atoms with Crippen LogP contribution in [0.25, 0.3) is 0 Å². The zero-order valence-electron chi connectivity index (χ0n) is 13.2. The summed E-state index contributed by atoms with van der Waals surface area (Å²) in [5.41, 5.74) is 0.452. The normalized spacial score (nSPS) is 33.8. The van der Waals surface area contributed by atoms with Gasteiger partial charge in [-0.25, -0.2) is 0 Å². The average molecular weight is 267 g/mol. The van der Waals surface area contributed by atoms with E-state index in [2.05, 4.69) is 37.5 Å². The van der Waals surface area contributed by atoms with E-state index in [1.54, 1.807) is 0 Å². The lowest BCUT2D eigenvalue weighted by Crippen LogP contribution is -2.58. The van der Waals surface area contributed by atoms with Gasteiger partial charge in [0.05, 0.1) is 0 Å². The second-order valence-electron chi connectivity index (χ2n) is 7.58. The fourth-order valence-electron chi connectivity index (χ4n) is 3.79. The molecule has 0 amide bonds. The Bertz CT molecular complexity index is 290. The molecule has 2 atom stereocenters. The Morgan fingerprint density at radius 3 is 2.58 bits per heavy atom. The molecule has 1 aliphatic carbocycles. The van der Waals surface area contributed by atoms with Gasteiger partial charge >= 0.3 is 0 Å². The maximum Gasteiger partial charge on any atom is 0.120 e. The summed E-state index contributed by atoms with van der Waals surface area (Å²) in [6.45, 7) is 13.0.